The lowest BCUT2D eigenvalue weighted by molar-refractivity contribution is -0.114. The summed E-state index contributed by atoms with van der Waals surface area (Å²) in [5, 5.41) is 6.06. The van der Waals surface area contributed by atoms with E-state index in [0.29, 0.717) is 13.1 Å². The van der Waals surface area contributed by atoms with Crippen molar-refractivity contribution < 1.29 is 27.1 Å². The number of hydrazine groups is 1. The van der Waals surface area contributed by atoms with Crippen LogP contribution in [0, 0.1) is 11.6 Å². The second-order valence-corrected chi connectivity index (χ2v) is 7.29. The standard InChI is InChI=1S/C18H19F2N5O4S/c1-11(26)22-15-7-4-12(10-21-15)18(27)23-17-13(19)5-6-14(16(17)20)25(30(28)29)24-8-2-3-9-24/h4-7,10H,2-3,8-9H2,1H3,(H,23,27)(H,28,29)(H,21,22,26). The number of carbonyl (C=O) groups is 2. The molecule has 1 unspecified atom stereocenters. The van der Waals surface area contributed by atoms with Gasteiger partial charge >= 0.3 is 0 Å². The van der Waals surface area contributed by atoms with Crippen LogP contribution in [-0.2, 0) is 16.1 Å². The molecule has 1 saturated heterocycles. The molecular weight excluding hydrogens is 420 g/mol. The van der Waals surface area contributed by atoms with Crippen LogP contribution < -0.4 is 15.0 Å². The Morgan fingerprint density at radius 1 is 1.17 bits per heavy atom. The second kappa shape index (κ2) is 9.24. The van der Waals surface area contributed by atoms with E-state index in [-0.39, 0.29) is 23.0 Å². The molecule has 1 fully saturated rings. The molecule has 0 saturated carbocycles. The van der Waals surface area contributed by atoms with E-state index >= 15 is 4.39 Å². The number of nitrogens with one attached hydrogen (secondary N) is 2. The summed E-state index contributed by atoms with van der Waals surface area (Å²) in [6, 6.07) is 4.63. The maximum atomic E-state index is 15.0. The molecule has 2 amide bonds. The molecule has 1 aromatic heterocycles. The van der Waals surface area contributed by atoms with E-state index in [1.165, 1.54) is 24.1 Å². The number of anilines is 3. The molecule has 3 N–H and O–H groups in total. The molecule has 1 aliphatic heterocycles. The van der Waals surface area contributed by atoms with Crippen molar-refractivity contribution in [2.75, 3.05) is 28.1 Å². The molecule has 0 radical (unpaired) electrons. The summed E-state index contributed by atoms with van der Waals surface area (Å²) in [6.45, 7) is 2.18. The number of halogens is 2. The Hall–Kier alpha value is -2.96. The Balaban J connectivity index is 1.87. The lowest BCUT2D eigenvalue weighted by Gasteiger charge is -2.29. The maximum Gasteiger partial charge on any atom is 0.277 e. The molecule has 0 bridgehead atoms. The molecule has 30 heavy (non-hydrogen) atoms. The zero-order chi connectivity index (χ0) is 21.8. The van der Waals surface area contributed by atoms with E-state index in [0.717, 1.165) is 35.6 Å². The molecule has 0 aliphatic carbocycles. The molecule has 12 heteroatoms. The highest BCUT2D eigenvalue weighted by molar-refractivity contribution is 7.80. The number of benzene rings is 1. The molecule has 2 aromatic rings. The summed E-state index contributed by atoms with van der Waals surface area (Å²) in [5.74, 6) is -3.20. The molecule has 1 atom stereocenters. The van der Waals surface area contributed by atoms with Gasteiger partial charge in [0.25, 0.3) is 17.2 Å². The van der Waals surface area contributed by atoms with Crippen molar-refractivity contribution in [3.05, 3.63) is 47.7 Å². The highest BCUT2D eigenvalue weighted by atomic mass is 32.2. The third kappa shape index (κ3) is 4.78. The van der Waals surface area contributed by atoms with Gasteiger partial charge in [-0.1, -0.05) is 0 Å². The van der Waals surface area contributed by atoms with E-state index in [1.54, 1.807) is 0 Å². The predicted octanol–water partition coefficient (Wildman–Crippen LogP) is 2.52. The molecule has 1 aliphatic rings. The first kappa shape index (κ1) is 21.7. The first-order valence-electron chi connectivity index (χ1n) is 8.97. The largest absolute Gasteiger partial charge is 0.317 e. The molecule has 0 spiro atoms. The van der Waals surface area contributed by atoms with Crippen LogP contribution >= 0.6 is 0 Å². The first-order valence-corrected chi connectivity index (χ1v) is 10.0. The van der Waals surface area contributed by atoms with Gasteiger partial charge in [-0.15, -0.1) is 0 Å². The van der Waals surface area contributed by atoms with Gasteiger partial charge < -0.3 is 10.6 Å². The molecule has 2 heterocycles. The van der Waals surface area contributed by atoms with Gasteiger partial charge in [-0.05, 0) is 37.1 Å². The fourth-order valence-electron chi connectivity index (χ4n) is 2.99. The number of nitrogens with zero attached hydrogens (tertiary/aromatic N) is 3. The summed E-state index contributed by atoms with van der Waals surface area (Å²) >= 11 is -2.59. The van der Waals surface area contributed by atoms with Crippen LogP contribution in [0.1, 0.15) is 30.1 Å². The van der Waals surface area contributed by atoms with Gasteiger partial charge in [-0.25, -0.2) is 23.0 Å². The molecule has 3 rings (SSSR count). The topological polar surface area (TPSA) is 115 Å². The fraction of sp³-hybridized carbons (Fsp3) is 0.278. The zero-order valence-electron chi connectivity index (χ0n) is 15.9. The van der Waals surface area contributed by atoms with Crippen LogP contribution in [0.25, 0.3) is 0 Å². The normalized spacial score (nSPS) is 14.9. The Kier molecular flexibility index (Phi) is 6.70. The van der Waals surface area contributed by atoms with Crippen molar-refractivity contribution in [1.29, 1.82) is 0 Å². The van der Waals surface area contributed by atoms with Crippen molar-refractivity contribution in [2.45, 2.75) is 19.8 Å². The van der Waals surface area contributed by atoms with E-state index < -0.39 is 34.5 Å². The highest BCUT2D eigenvalue weighted by Crippen LogP contribution is 2.31. The average Bonchev–Trinajstić information content (AvgIpc) is 3.21. The smallest absolute Gasteiger partial charge is 0.277 e. The molecule has 160 valence electrons. The number of amides is 2. The Labute approximate surface area is 173 Å². The summed E-state index contributed by atoms with van der Waals surface area (Å²) in [5.41, 5.74) is -1.10. The summed E-state index contributed by atoms with van der Waals surface area (Å²) < 4.78 is 51.6. The van der Waals surface area contributed by atoms with Crippen LogP contribution in [0.15, 0.2) is 30.5 Å². The van der Waals surface area contributed by atoms with Crippen molar-refractivity contribution in [3.63, 3.8) is 0 Å². The van der Waals surface area contributed by atoms with Crippen LogP contribution in [-0.4, -0.2) is 43.7 Å². The number of pyridine rings is 1. The van der Waals surface area contributed by atoms with Gasteiger partial charge in [-0.2, -0.15) is 4.41 Å². The van der Waals surface area contributed by atoms with Crippen LogP contribution in [0.2, 0.25) is 0 Å². The number of aromatic nitrogens is 1. The van der Waals surface area contributed by atoms with E-state index in [4.69, 9.17) is 0 Å². The van der Waals surface area contributed by atoms with Gasteiger partial charge in [0.15, 0.2) is 5.82 Å². The Morgan fingerprint density at radius 2 is 1.87 bits per heavy atom. The molecule has 1 aromatic carbocycles. The maximum absolute atomic E-state index is 15.0. The van der Waals surface area contributed by atoms with Gasteiger partial charge in [0, 0.05) is 26.2 Å². The van der Waals surface area contributed by atoms with Crippen LogP contribution in [0.5, 0.6) is 0 Å². The second-order valence-electron chi connectivity index (χ2n) is 6.49. The average molecular weight is 439 g/mol. The van der Waals surface area contributed by atoms with Gasteiger partial charge in [-0.3, -0.25) is 14.1 Å². The summed E-state index contributed by atoms with van der Waals surface area (Å²) in [4.78, 5) is 27.3. The number of hydrogen-bond donors (Lipinski definition) is 3. The Morgan fingerprint density at radius 3 is 2.43 bits per heavy atom. The third-order valence-corrected chi connectivity index (χ3v) is 5.06. The molecular formula is C18H19F2N5O4S. The van der Waals surface area contributed by atoms with Crippen LogP contribution in [0.4, 0.5) is 26.0 Å². The number of carbonyl (C=O) groups excluding carboxylic acids is 2. The van der Waals surface area contributed by atoms with Crippen molar-refractivity contribution in [1.82, 2.24) is 9.99 Å². The number of rotatable bonds is 6. The minimum absolute atomic E-state index is 0.00422. The third-order valence-electron chi connectivity index (χ3n) is 4.33. The summed E-state index contributed by atoms with van der Waals surface area (Å²) in [6.07, 6.45) is 2.67. The fourth-order valence-corrected chi connectivity index (χ4v) is 3.66. The monoisotopic (exact) mass is 439 g/mol. The quantitative estimate of drug-likeness (QED) is 0.596. The lowest BCUT2D eigenvalue weighted by atomic mass is 10.2. The minimum atomic E-state index is -2.59. The number of hydrogen-bond acceptors (Lipinski definition) is 5. The highest BCUT2D eigenvalue weighted by Gasteiger charge is 2.29. The Bertz CT molecular complexity index is 983. The van der Waals surface area contributed by atoms with E-state index in [1.807, 2.05) is 0 Å². The van der Waals surface area contributed by atoms with Crippen molar-refractivity contribution >= 4 is 40.3 Å². The van der Waals surface area contributed by atoms with Crippen molar-refractivity contribution in [2.24, 2.45) is 0 Å². The van der Waals surface area contributed by atoms with E-state index in [2.05, 4.69) is 15.6 Å². The van der Waals surface area contributed by atoms with E-state index in [9.17, 15) is 22.7 Å². The molecule has 9 nitrogen and oxygen atoms in total. The van der Waals surface area contributed by atoms with Crippen molar-refractivity contribution in [3.8, 4) is 0 Å². The van der Waals surface area contributed by atoms with Gasteiger partial charge in [0.05, 0.1) is 5.56 Å². The summed E-state index contributed by atoms with van der Waals surface area (Å²) in [7, 11) is 0. The minimum Gasteiger partial charge on any atom is -0.317 e. The first-order chi connectivity index (χ1) is 14.3. The zero-order valence-corrected chi connectivity index (χ0v) is 16.7. The predicted molar refractivity (Wildman–Crippen MR) is 107 cm³/mol. The SMILES string of the molecule is CC(=O)Nc1ccc(C(=O)Nc2c(F)ccc(N(N3CCCC3)S(=O)O)c2F)cn1. The van der Waals surface area contributed by atoms with Gasteiger partial charge in [0.1, 0.15) is 23.0 Å². The lowest BCUT2D eigenvalue weighted by Crippen LogP contribution is -2.42. The van der Waals surface area contributed by atoms with Gasteiger partial charge in [0.2, 0.25) is 5.91 Å². The van der Waals surface area contributed by atoms with Crippen LogP contribution in [0.3, 0.4) is 0 Å².